The van der Waals surface area contributed by atoms with Gasteiger partial charge in [0.2, 0.25) is 47.3 Å². The summed E-state index contributed by atoms with van der Waals surface area (Å²) in [5.41, 5.74) is 0.702. The lowest BCUT2D eigenvalue weighted by Gasteiger charge is -2.57. The molecule has 11 rings (SSSR count). The van der Waals surface area contributed by atoms with Crippen LogP contribution in [0.5, 0.6) is 0 Å². The van der Waals surface area contributed by atoms with Crippen LogP contribution in [0, 0.1) is 32.5 Å². The summed E-state index contributed by atoms with van der Waals surface area (Å²) < 4.78 is 3.98. The van der Waals surface area contributed by atoms with Crippen molar-refractivity contribution in [3.05, 3.63) is 120 Å². The summed E-state index contributed by atoms with van der Waals surface area (Å²) in [6.07, 6.45) is 9.74. The smallest absolute Gasteiger partial charge is 0.240 e. The Morgan fingerprint density at radius 1 is 0.398 bits per heavy atom. The van der Waals surface area contributed by atoms with E-state index in [1.165, 1.54) is 0 Å². The zero-order valence-corrected chi connectivity index (χ0v) is 52.1. The summed E-state index contributed by atoms with van der Waals surface area (Å²) in [4.78, 5) is 114. The largest absolute Gasteiger partial charge is 0.350 e. The number of carbonyl (C=O) groups is 8. The highest BCUT2D eigenvalue weighted by Gasteiger charge is 2.66. The number of hydrogen-bond acceptors (Lipinski definition) is 8. The molecule has 0 spiro atoms. The SMILES string of the molecule is CCCC1(C(=O)Nc2ccc3c(c2)c2cc(NC(=O)C4(CCC)C[C@@]5(CCC)C[C@@](CCC)(C4)C(=O)NC5=O)ccc2n3CC(=O)NCc2cccc(CNC(=O)Cn3c4ccccc4c4ccccc43)c2)C[C@@]2(CCC)C[C@@](CCC)(C1)C(=O)NC2=O. The van der Waals surface area contributed by atoms with Crippen molar-refractivity contribution in [1.29, 1.82) is 0 Å². The van der Waals surface area contributed by atoms with Gasteiger partial charge < -0.3 is 30.4 Å². The van der Waals surface area contributed by atoms with Gasteiger partial charge in [-0.05, 0) is 137 Å². The molecule has 2 unspecified atom stereocenters. The van der Waals surface area contributed by atoms with E-state index >= 15 is 9.59 Å². The van der Waals surface area contributed by atoms with Crippen LogP contribution in [0.4, 0.5) is 11.4 Å². The van der Waals surface area contributed by atoms with Gasteiger partial charge in [0, 0.05) is 68.1 Å². The molecule has 2 saturated carbocycles. The highest BCUT2D eigenvalue weighted by molar-refractivity contribution is 6.14. The molecule has 88 heavy (non-hydrogen) atoms. The fourth-order valence-corrected chi connectivity index (χ4v) is 17.4. The van der Waals surface area contributed by atoms with E-state index < -0.39 is 32.5 Å². The third-order valence-corrected chi connectivity index (χ3v) is 20.4. The average Bonchev–Trinajstić information content (AvgIpc) is 1.05. The molecular weight excluding hydrogens is 1100 g/mol. The van der Waals surface area contributed by atoms with Gasteiger partial charge in [-0.3, -0.25) is 49.0 Å². The van der Waals surface area contributed by atoms with Crippen LogP contribution >= 0.6 is 0 Å². The molecule has 2 saturated heterocycles. The number of anilines is 2. The van der Waals surface area contributed by atoms with E-state index in [1.807, 2.05) is 148 Å². The number of nitrogens with one attached hydrogen (secondary N) is 6. The third-order valence-electron chi connectivity index (χ3n) is 20.4. The van der Waals surface area contributed by atoms with Crippen LogP contribution in [0.3, 0.4) is 0 Å². The van der Waals surface area contributed by atoms with E-state index in [0.717, 1.165) is 69.4 Å². The van der Waals surface area contributed by atoms with Crippen LogP contribution in [0.25, 0.3) is 43.6 Å². The van der Waals surface area contributed by atoms with E-state index in [-0.39, 0.29) is 66.9 Å². The number of nitrogens with zero attached hydrogens (tertiary/aromatic N) is 2. The monoisotopic (exact) mass is 1190 g/mol. The molecular formula is C72H86N8O8. The average molecular weight is 1190 g/mol. The van der Waals surface area contributed by atoms with Crippen LogP contribution in [-0.2, 0) is 64.5 Å². The molecule has 2 aliphatic heterocycles. The number of para-hydroxylation sites is 2. The summed E-state index contributed by atoms with van der Waals surface area (Å²) >= 11 is 0. The number of imide groups is 2. The molecule has 6 atom stereocenters. The van der Waals surface area contributed by atoms with Crippen LogP contribution in [-0.4, -0.2) is 56.4 Å². The number of amides is 8. The van der Waals surface area contributed by atoms with Crippen LogP contribution in [0.15, 0.2) is 109 Å². The van der Waals surface area contributed by atoms with Gasteiger partial charge in [-0.2, -0.15) is 0 Å². The van der Waals surface area contributed by atoms with Gasteiger partial charge in [-0.1, -0.05) is 141 Å². The van der Waals surface area contributed by atoms with Crippen molar-refractivity contribution in [3.8, 4) is 0 Å². The Morgan fingerprint density at radius 3 is 1.09 bits per heavy atom. The number of rotatable bonds is 24. The number of hydrogen-bond donors (Lipinski definition) is 6. The molecule has 5 aromatic carbocycles. The molecule has 2 aliphatic carbocycles. The summed E-state index contributed by atoms with van der Waals surface area (Å²) in [5, 5.41) is 22.0. The summed E-state index contributed by atoms with van der Waals surface area (Å²) in [6.45, 7) is 12.8. The second kappa shape index (κ2) is 24.4. The second-order valence-corrected chi connectivity index (χ2v) is 26.8. The first kappa shape index (κ1) is 61.5. The van der Waals surface area contributed by atoms with E-state index in [0.29, 0.717) is 119 Å². The lowest BCUT2D eigenvalue weighted by molar-refractivity contribution is -0.171. The van der Waals surface area contributed by atoms with Gasteiger partial charge >= 0.3 is 0 Å². The van der Waals surface area contributed by atoms with E-state index in [1.54, 1.807) is 0 Å². The van der Waals surface area contributed by atoms with E-state index in [4.69, 9.17) is 0 Å². The van der Waals surface area contributed by atoms with E-state index in [2.05, 4.69) is 44.0 Å². The van der Waals surface area contributed by atoms with Crippen LogP contribution in [0.1, 0.15) is 168 Å². The Balaban J connectivity index is 0.884. The highest BCUT2D eigenvalue weighted by atomic mass is 16.2. The molecule has 4 fully saturated rings. The maximum Gasteiger partial charge on any atom is 0.240 e. The number of aromatic nitrogens is 2. The minimum Gasteiger partial charge on any atom is -0.350 e. The Morgan fingerprint density at radius 2 is 0.739 bits per heavy atom. The molecule has 0 radical (unpaired) electrons. The number of piperidine rings is 2. The molecule has 462 valence electrons. The van der Waals surface area contributed by atoms with Gasteiger partial charge in [-0.25, -0.2) is 0 Å². The van der Waals surface area contributed by atoms with Crippen LogP contribution in [0.2, 0.25) is 0 Å². The minimum absolute atomic E-state index is 0.0701. The van der Waals surface area contributed by atoms with Crippen molar-refractivity contribution in [1.82, 2.24) is 30.4 Å². The van der Waals surface area contributed by atoms with Gasteiger partial charge in [0.1, 0.15) is 13.1 Å². The van der Waals surface area contributed by atoms with Crippen molar-refractivity contribution in [2.75, 3.05) is 10.6 Å². The van der Waals surface area contributed by atoms with Gasteiger partial charge in [0.05, 0.1) is 32.5 Å². The predicted molar refractivity (Wildman–Crippen MR) is 344 cm³/mol. The van der Waals surface area contributed by atoms with Crippen LogP contribution < -0.4 is 31.9 Å². The zero-order chi connectivity index (χ0) is 62.2. The lowest BCUT2D eigenvalue weighted by Crippen LogP contribution is -2.65. The Hall–Kier alpha value is -8.14. The molecule has 7 aromatic rings. The van der Waals surface area contributed by atoms with Crippen molar-refractivity contribution in [3.63, 3.8) is 0 Å². The van der Waals surface area contributed by atoms with Gasteiger partial charge in [0.25, 0.3) is 0 Å². The summed E-state index contributed by atoms with van der Waals surface area (Å²) in [7, 11) is 0. The van der Waals surface area contributed by atoms with Gasteiger partial charge in [-0.15, -0.1) is 0 Å². The molecule has 2 aromatic heterocycles. The molecule has 6 N–H and O–H groups in total. The highest BCUT2D eigenvalue weighted by Crippen LogP contribution is 2.63. The summed E-state index contributed by atoms with van der Waals surface area (Å²) in [5.74, 6) is -1.98. The van der Waals surface area contributed by atoms with Crippen molar-refractivity contribution < 1.29 is 38.4 Å². The fraction of sp³-hybridized carbons (Fsp3) is 0.472. The second-order valence-electron chi connectivity index (χ2n) is 26.8. The predicted octanol–water partition coefficient (Wildman–Crippen LogP) is 12.8. The molecule has 16 heteroatoms. The fourth-order valence-electron chi connectivity index (χ4n) is 17.4. The Labute approximate surface area is 515 Å². The normalized spacial score (nSPS) is 25.0. The lowest BCUT2D eigenvalue weighted by atomic mass is 9.47. The third kappa shape index (κ3) is 11.1. The molecule has 4 bridgehead atoms. The Kier molecular flexibility index (Phi) is 17.1. The first-order chi connectivity index (χ1) is 42.4. The maximum atomic E-state index is 15.3. The topological polar surface area (TPSA) is 219 Å². The van der Waals surface area contributed by atoms with Crippen molar-refractivity contribution >= 4 is 102 Å². The van der Waals surface area contributed by atoms with E-state index in [9.17, 15) is 28.8 Å². The Bertz CT molecular complexity index is 3660. The first-order valence-electron chi connectivity index (χ1n) is 32.3. The quantitative estimate of drug-likeness (QED) is 0.0319. The van der Waals surface area contributed by atoms with Gasteiger partial charge in [0.15, 0.2) is 0 Å². The first-order valence-corrected chi connectivity index (χ1v) is 32.3. The summed E-state index contributed by atoms with van der Waals surface area (Å²) in [6, 6.07) is 35.2. The number of carbonyl (C=O) groups excluding carboxylic acids is 8. The molecule has 16 nitrogen and oxygen atoms in total. The maximum absolute atomic E-state index is 15.3. The molecule has 4 aliphatic rings. The molecule has 4 heterocycles. The van der Waals surface area contributed by atoms with Crippen molar-refractivity contribution in [2.24, 2.45) is 32.5 Å². The standard InChI is InChI=1S/C72H86N8O8/c1-7-28-67(41-69(30-9-3)45-70(42-67,31-10-4)64(86)77-63(69)85)61(83)75-49-24-26-57-53(35-49)54-36-50(76-62(84)68(29-8-2)43-71(32-11-5)46-72(44-68,33-12-6)66(88)78-65(71)87)25-27-58(54)80(57)40-60(82)74-38-48-19-17-18-47(34-48)37-73-59(81)39-79-55-22-15-13-20-51(55)52-21-14-16-23-56(52)79/h13-27,34-36H,7-12,28-33,37-46H2,1-6H3,(H,73,81)(H,74,82)(H,75,83)(H,76,84)(H,77,85,86)(H,78,87,88)/t67?,68?,69-,70+,71-,72+. The number of fused-ring (bicyclic) bond motifs is 10. The molecule has 8 amide bonds. The van der Waals surface area contributed by atoms with Crippen molar-refractivity contribution in [2.45, 2.75) is 183 Å². The minimum atomic E-state index is -1.01. The zero-order valence-electron chi connectivity index (χ0n) is 52.1. The number of benzene rings is 5.